The molecule has 0 saturated heterocycles. The Morgan fingerprint density at radius 3 is 2.45 bits per heavy atom. The van der Waals surface area contributed by atoms with Gasteiger partial charge >= 0.3 is 5.97 Å². The van der Waals surface area contributed by atoms with Gasteiger partial charge in [0.05, 0.1) is 31.8 Å². The molecule has 1 saturated carbocycles. The Morgan fingerprint density at radius 1 is 1.10 bits per heavy atom. The van der Waals surface area contributed by atoms with Crippen LogP contribution in [0.1, 0.15) is 31.2 Å². The Hall–Kier alpha value is -1.39. The van der Waals surface area contributed by atoms with Gasteiger partial charge in [-0.05, 0) is 31.2 Å². The van der Waals surface area contributed by atoms with E-state index >= 15 is 0 Å². The van der Waals surface area contributed by atoms with Crippen LogP contribution in [-0.4, -0.2) is 30.4 Å². The van der Waals surface area contributed by atoms with Gasteiger partial charge in [0.25, 0.3) is 0 Å². The van der Waals surface area contributed by atoms with Gasteiger partial charge in [-0.15, -0.1) is 0 Å². The van der Waals surface area contributed by atoms with Crippen LogP contribution in [0.25, 0.3) is 0 Å². The Balaban J connectivity index is 1.53. The molecule has 0 aliphatic heterocycles. The first-order valence-corrected chi connectivity index (χ1v) is 7.22. The highest BCUT2D eigenvalue weighted by Gasteiger charge is 2.25. The van der Waals surface area contributed by atoms with Crippen LogP contribution in [-0.2, 0) is 20.9 Å². The maximum absolute atomic E-state index is 10.8. The number of rotatable bonds is 7. The molecular weight excluding hydrogens is 256 g/mol. The van der Waals surface area contributed by atoms with E-state index in [4.69, 9.17) is 14.6 Å². The number of hydrogen-bond acceptors (Lipinski definition) is 3. The van der Waals surface area contributed by atoms with Crippen molar-refractivity contribution in [3.05, 3.63) is 35.9 Å². The molecule has 0 radical (unpaired) electrons. The van der Waals surface area contributed by atoms with Gasteiger partial charge in [0.1, 0.15) is 0 Å². The molecule has 1 N–H and O–H groups in total. The molecule has 0 heterocycles. The van der Waals surface area contributed by atoms with Gasteiger partial charge in [0, 0.05) is 0 Å². The van der Waals surface area contributed by atoms with Crippen LogP contribution < -0.4 is 0 Å². The fraction of sp³-hybridized carbons (Fsp3) is 0.562. The number of carbonyl (C=O) groups is 1. The number of benzene rings is 1. The topological polar surface area (TPSA) is 55.8 Å². The van der Waals surface area contributed by atoms with E-state index < -0.39 is 5.97 Å². The summed E-state index contributed by atoms with van der Waals surface area (Å²) in [4.78, 5) is 10.8. The largest absolute Gasteiger partial charge is 0.481 e. The number of aliphatic carboxylic acids is 1. The lowest BCUT2D eigenvalue weighted by Gasteiger charge is -2.26. The highest BCUT2D eigenvalue weighted by atomic mass is 16.5. The lowest BCUT2D eigenvalue weighted by atomic mass is 9.87. The zero-order chi connectivity index (χ0) is 14.2. The third kappa shape index (κ3) is 4.94. The molecule has 0 amide bonds. The summed E-state index contributed by atoms with van der Waals surface area (Å²) < 4.78 is 11.3. The molecule has 4 nitrogen and oxygen atoms in total. The summed E-state index contributed by atoms with van der Waals surface area (Å²) in [5.41, 5.74) is 1.16. The van der Waals surface area contributed by atoms with Crippen molar-refractivity contribution in [2.75, 3.05) is 13.2 Å². The van der Waals surface area contributed by atoms with Gasteiger partial charge in [-0.25, -0.2) is 0 Å². The average molecular weight is 278 g/mol. The summed E-state index contributed by atoms with van der Waals surface area (Å²) in [6.45, 7) is 1.76. The fourth-order valence-electron chi connectivity index (χ4n) is 2.51. The first-order valence-electron chi connectivity index (χ1n) is 7.22. The summed E-state index contributed by atoms with van der Waals surface area (Å²) in [6, 6.07) is 10.0. The van der Waals surface area contributed by atoms with Crippen LogP contribution in [0.3, 0.4) is 0 Å². The molecule has 110 valence electrons. The van der Waals surface area contributed by atoms with Crippen molar-refractivity contribution in [3.8, 4) is 0 Å². The third-order valence-corrected chi connectivity index (χ3v) is 3.72. The van der Waals surface area contributed by atoms with Crippen molar-refractivity contribution in [2.45, 2.75) is 38.4 Å². The first-order chi connectivity index (χ1) is 9.75. The average Bonchev–Trinajstić information content (AvgIpc) is 2.48. The van der Waals surface area contributed by atoms with Crippen molar-refractivity contribution < 1.29 is 19.4 Å². The first kappa shape index (κ1) is 15.0. The van der Waals surface area contributed by atoms with E-state index in [-0.39, 0.29) is 12.0 Å². The highest BCUT2D eigenvalue weighted by Crippen LogP contribution is 2.26. The minimum absolute atomic E-state index is 0.177. The second-order valence-corrected chi connectivity index (χ2v) is 5.22. The Kier molecular flexibility index (Phi) is 6.02. The zero-order valence-electron chi connectivity index (χ0n) is 11.7. The smallest absolute Gasteiger partial charge is 0.306 e. The monoisotopic (exact) mass is 278 g/mol. The molecule has 4 heteroatoms. The van der Waals surface area contributed by atoms with E-state index in [9.17, 15) is 4.79 Å². The van der Waals surface area contributed by atoms with Crippen molar-refractivity contribution in [1.82, 2.24) is 0 Å². The van der Waals surface area contributed by atoms with Crippen molar-refractivity contribution in [3.63, 3.8) is 0 Å². The normalized spacial score (nSPS) is 22.6. The minimum atomic E-state index is -0.672. The Labute approximate surface area is 119 Å². The van der Waals surface area contributed by atoms with Crippen molar-refractivity contribution in [2.24, 2.45) is 5.92 Å². The standard InChI is InChI=1S/C16H22O4/c17-16(18)14-6-8-15(9-7-14)20-11-10-19-12-13-4-2-1-3-5-13/h1-5,14-15H,6-12H2,(H,17,18). The van der Waals surface area contributed by atoms with E-state index in [1.54, 1.807) is 0 Å². The second kappa shape index (κ2) is 8.02. The molecule has 1 aliphatic rings. The molecular formula is C16H22O4. The number of ether oxygens (including phenoxy) is 2. The van der Waals surface area contributed by atoms with Gasteiger partial charge < -0.3 is 14.6 Å². The number of carboxylic acids is 1. The summed E-state index contributed by atoms with van der Waals surface area (Å²) in [6.07, 6.45) is 3.34. The van der Waals surface area contributed by atoms with Gasteiger partial charge in [0.15, 0.2) is 0 Å². The highest BCUT2D eigenvalue weighted by molar-refractivity contribution is 5.70. The van der Waals surface area contributed by atoms with Gasteiger partial charge in [0.2, 0.25) is 0 Å². The predicted octanol–water partition coefficient (Wildman–Crippen LogP) is 2.86. The quantitative estimate of drug-likeness (QED) is 0.779. The molecule has 1 aliphatic carbocycles. The van der Waals surface area contributed by atoms with E-state index in [0.717, 1.165) is 31.2 Å². The molecule has 20 heavy (non-hydrogen) atoms. The molecule has 1 aromatic rings. The van der Waals surface area contributed by atoms with Crippen LogP contribution in [0.4, 0.5) is 0 Å². The Bertz CT molecular complexity index is 396. The molecule has 0 aromatic heterocycles. The lowest BCUT2D eigenvalue weighted by molar-refractivity contribution is -0.143. The van der Waals surface area contributed by atoms with E-state index in [0.29, 0.717) is 19.8 Å². The summed E-state index contributed by atoms with van der Waals surface area (Å²) >= 11 is 0. The molecule has 0 spiro atoms. The molecule has 0 unspecified atom stereocenters. The van der Waals surface area contributed by atoms with Gasteiger partial charge in [-0.3, -0.25) is 4.79 Å². The maximum Gasteiger partial charge on any atom is 0.306 e. The molecule has 0 atom stereocenters. The number of carboxylic acid groups (broad SMARTS) is 1. The maximum atomic E-state index is 10.8. The predicted molar refractivity (Wildman–Crippen MR) is 75.4 cm³/mol. The minimum Gasteiger partial charge on any atom is -0.481 e. The molecule has 1 aromatic carbocycles. The lowest BCUT2D eigenvalue weighted by Crippen LogP contribution is -2.26. The van der Waals surface area contributed by atoms with Crippen LogP contribution in [0, 0.1) is 5.92 Å². The summed E-state index contributed by atoms with van der Waals surface area (Å²) in [7, 11) is 0. The summed E-state index contributed by atoms with van der Waals surface area (Å²) in [5.74, 6) is -0.848. The van der Waals surface area contributed by atoms with Crippen molar-refractivity contribution >= 4 is 5.97 Å². The third-order valence-electron chi connectivity index (χ3n) is 3.72. The van der Waals surface area contributed by atoms with Crippen LogP contribution in [0.5, 0.6) is 0 Å². The van der Waals surface area contributed by atoms with Crippen LogP contribution in [0.15, 0.2) is 30.3 Å². The van der Waals surface area contributed by atoms with E-state index in [1.807, 2.05) is 30.3 Å². The van der Waals surface area contributed by atoms with Gasteiger partial charge in [-0.1, -0.05) is 30.3 Å². The molecule has 1 fully saturated rings. The zero-order valence-corrected chi connectivity index (χ0v) is 11.7. The van der Waals surface area contributed by atoms with E-state index in [2.05, 4.69) is 0 Å². The van der Waals surface area contributed by atoms with Gasteiger partial charge in [-0.2, -0.15) is 0 Å². The SMILES string of the molecule is O=C(O)C1CCC(OCCOCc2ccccc2)CC1. The van der Waals surface area contributed by atoms with Crippen LogP contribution >= 0.6 is 0 Å². The molecule has 0 bridgehead atoms. The second-order valence-electron chi connectivity index (χ2n) is 5.22. The van der Waals surface area contributed by atoms with Crippen LogP contribution in [0.2, 0.25) is 0 Å². The van der Waals surface area contributed by atoms with Crippen molar-refractivity contribution in [1.29, 1.82) is 0 Å². The number of hydrogen-bond donors (Lipinski definition) is 1. The van der Waals surface area contributed by atoms with E-state index in [1.165, 1.54) is 0 Å². The summed E-state index contributed by atoms with van der Waals surface area (Å²) in [5, 5.41) is 8.92. The fourth-order valence-corrected chi connectivity index (χ4v) is 2.51. The molecule has 2 rings (SSSR count). The Morgan fingerprint density at radius 2 is 1.80 bits per heavy atom.